The average molecular weight is 785 g/mol. The summed E-state index contributed by atoms with van der Waals surface area (Å²) in [5, 5.41) is 11.2. The molecule has 9 nitrogen and oxygen atoms in total. The van der Waals surface area contributed by atoms with Gasteiger partial charge in [0.1, 0.15) is 18.2 Å². The Morgan fingerprint density at radius 1 is 0.885 bits per heavy atom. The summed E-state index contributed by atoms with van der Waals surface area (Å²) in [7, 11) is 0. The smallest absolute Gasteiger partial charge is 0.260 e. The van der Waals surface area contributed by atoms with Crippen LogP contribution in [-0.2, 0) is 24.6 Å². The molecule has 8 rings (SSSR count). The van der Waals surface area contributed by atoms with E-state index in [0.717, 1.165) is 15.1 Å². The van der Waals surface area contributed by atoms with Gasteiger partial charge in [0.15, 0.2) is 0 Å². The highest BCUT2D eigenvalue weighted by molar-refractivity contribution is 9.10. The van der Waals surface area contributed by atoms with E-state index in [1.807, 2.05) is 18.2 Å². The molecule has 2 aliphatic heterocycles. The van der Waals surface area contributed by atoms with Gasteiger partial charge in [-0.05, 0) is 91.1 Å². The number of imide groups is 2. The van der Waals surface area contributed by atoms with Crippen LogP contribution in [0.15, 0.2) is 113 Å². The molecule has 0 spiro atoms. The van der Waals surface area contributed by atoms with Crippen molar-refractivity contribution in [3.63, 3.8) is 0 Å². The molecule has 0 radical (unpaired) electrons. The SMILES string of the molecule is O=C1C2CC3C(=CCC4C(=O)N(c5ccc(Br)cc5)C(=O)C43)C(c3ccccc3OCCO)C2(c2ccc(Cl)cc2)C(=O)N1Nc1ccc(F)cc1. The fourth-order valence-electron chi connectivity index (χ4n) is 8.85. The third-order valence-electron chi connectivity index (χ3n) is 10.9. The zero-order chi connectivity index (χ0) is 36.3. The number of nitrogens with zero attached hydrogens (tertiary/aromatic N) is 2. The summed E-state index contributed by atoms with van der Waals surface area (Å²) in [4.78, 5) is 59.9. The van der Waals surface area contributed by atoms with Crippen LogP contribution in [0.1, 0.15) is 29.9 Å². The molecule has 0 bridgehead atoms. The quantitative estimate of drug-likeness (QED) is 0.149. The molecule has 6 unspecified atom stereocenters. The minimum Gasteiger partial charge on any atom is -0.491 e. The minimum absolute atomic E-state index is 0.0193. The Morgan fingerprint density at radius 3 is 2.31 bits per heavy atom. The predicted octanol–water partition coefficient (Wildman–Crippen LogP) is 6.80. The lowest BCUT2D eigenvalue weighted by Gasteiger charge is -2.50. The number of allylic oxidation sites excluding steroid dienone is 2. The van der Waals surface area contributed by atoms with Crippen LogP contribution in [0.25, 0.3) is 0 Å². The topological polar surface area (TPSA) is 116 Å². The van der Waals surface area contributed by atoms with Gasteiger partial charge >= 0.3 is 0 Å². The Labute approximate surface area is 312 Å². The Hall–Kier alpha value is -4.84. The number of hydrogen-bond donors (Lipinski definition) is 2. The van der Waals surface area contributed by atoms with Crippen LogP contribution >= 0.6 is 27.5 Å². The van der Waals surface area contributed by atoms with E-state index in [-0.39, 0.29) is 37.9 Å². The maximum atomic E-state index is 15.3. The van der Waals surface area contributed by atoms with Crippen LogP contribution in [0.4, 0.5) is 15.8 Å². The second kappa shape index (κ2) is 13.3. The van der Waals surface area contributed by atoms with Crippen molar-refractivity contribution < 1.29 is 33.4 Å². The number of carbonyl (C=O) groups is 4. The first kappa shape index (κ1) is 34.3. The number of hydrazine groups is 1. The number of carbonyl (C=O) groups excluding carboxylic acids is 4. The van der Waals surface area contributed by atoms with E-state index in [4.69, 9.17) is 16.3 Å². The average Bonchev–Trinajstić information content (AvgIpc) is 3.53. The monoisotopic (exact) mass is 783 g/mol. The maximum Gasteiger partial charge on any atom is 0.260 e. The van der Waals surface area contributed by atoms with Gasteiger partial charge in [0.05, 0.1) is 41.2 Å². The van der Waals surface area contributed by atoms with Crippen molar-refractivity contribution in [2.75, 3.05) is 23.5 Å². The van der Waals surface area contributed by atoms with E-state index >= 15 is 4.79 Å². The van der Waals surface area contributed by atoms with Crippen molar-refractivity contribution in [2.24, 2.45) is 23.7 Å². The predicted molar refractivity (Wildman–Crippen MR) is 195 cm³/mol. The third-order valence-corrected chi connectivity index (χ3v) is 11.7. The molecule has 2 heterocycles. The molecular formula is C40H32BrClFN3O6. The first-order valence-corrected chi connectivity index (χ1v) is 18.1. The number of amides is 4. The standard InChI is InChI=1S/C40H32BrClFN3O6/c41-23-7-15-27(16-8-23)45-36(48)30-18-17-28-31(34(30)38(45)50)21-32-37(49)46(44-26-13-11-25(43)12-14-26)39(51)40(32,22-5-9-24(42)10-6-22)35(28)29-3-1-2-4-33(29)52-20-19-47/h1-17,30-32,34-35,44,47H,18-21H2. The number of halogens is 3. The Bertz CT molecular complexity index is 2130. The number of rotatable bonds is 8. The molecule has 2 saturated heterocycles. The fraction of sp³-hybridized carbons (Fsp3) is 0.250. The van der Waals surface area contributed by atoms with Crippen molar-refractivity contribution in [1.29, 1.82) is 0 Å². The van der Waals surface area contributed by atoms with E-state index in [2.05, 4.69) is 21.4 Å². The molecule has 4 aromatic rings. The summed E-state index contributed by atoms with van der Waals surface area (Å²) < 4.78 is 20.8. The van der Waals surface area contributed by atoms with Crippen molar-refractivity contribution in [3.05, 3.63) is 135 Å². The molecule has 52 heavy (non-hydrogen) atoms. The minimum atomic E-state index is -1.56. The number of para-hydroxylation sites is 1. The van der Waals surface area contributed by atoms with E-state index in [0.29, 0.717) is 33.3 Å². The summed E-state index contributed by atoms with van der Waals surface area (Å²) in [5.74, 6) is -5.66. The van der Waals surface area contributed by atoms with Crippen LogP contribution in [0, 0.1) is 29.5 Å². The van der Waals surface area contributed by atoms with Crippen LogP contribution in [0.2, 0.25) is 5.02 Å². The van der Waals surface area contributed by atoms with Crippen molar-refractivity contribution in [2.45, 2.75) is 24.2 Å². The van der Waals surface area contributed by atoms with Crippen molar-refractivity contribution in [1.82, 2.24) is 5.01 Å². The zero-order valence-electron chi connectivity index (χ0n) is 27.5. The zero-order valence-corrected chi connectivity index (χ0v) is 29.9. The van der Waals surface area contributed by atoms with Crippen molar-refractivity contribution >= 4 is 62.5 Å². The number of aliphatic hydroxyl groups is 1. The lowest BCUT2D eigenvalue weighted by atomic mass is 9.49. The molecule has 12 heteroatoms. The number of benzene rings is 4. The molecular weight excluding hydrogens is 753 g/mol. The molecule has 0 aromatic heterocycles. The highest BCUT2D eigenvalue weighted by Gasteiger charge is 2.70. The molecule has 4 aromatic carbocycles. The maximum absolute atomic E-state index is 15.3. The van der Waals surface area contributed by atoms with Crippen LogP contribution < -0.4 is 15.1 Å². The van der Waals surface area contributed by atoms with Gasteiger partial charge in [-0.1, -0.05) is 69.5 Å². The summed E-state index contributed by atoms with van der Waals surface area (Å²) in [5.41, 5.74) is 4.08. The summed E-state index contributed by atoms with van der Waals surface area (Å²) in [6, 6.07) is 26.3. The van der Waals surface area contributed by atoms with Gasteiger partial charge < -0.3 is 9.84 Å². The van der Waals surface area contributed by atoms with Gasteiger partial charge in [-0.2, -0.15) is 5.01 Å². The van der Waals surface area contributed by atoms with Gasteiger partial charge in [-0.3, -0.25) is 29.5 Å². The van der Waals surface area contributed by atoms with E-state index in [9.17, 15) is 23.9 Å². The normalized spacial score (nSPS) is 26.5. The number of anilines is 2. The van der Waals surface area contributed by atoms with E-state index in [1.54, 1.807) is 60.7 Å². The Kier molecular flexibility index (Phi) is 8.76. The first-order chi connectivity index (χ1) is 25.1. The number of fused-ring (bicyclic) bond motifs is 4. The Balaban J connectivity index is 1.33. The lowest BCUT2D eigenvalue weighted by Crippen LogP contribution is -2.53. The number of hydrogen-bond acceptors (Lipinski definition) is 7. The molecule has 6 atom stereocenters. The van der Waals surface area contributed by atoms with Gasteiger partial charge in [0.25, 0.3) is 11.8 Å². The molecule has 3 fully saturated rings. The summed E-state index contributed by atoms with van der Waals surface area (Å²) in [6.07, 6.45) is 2.33. The molecule has 2 N–H and O–H groups in total. The van der Waals surface area contributed by atoms with Gasteiger partial charge in [-0.25, -0.2) is 4.39 Å². The first-order valence-electron chi connectivity index (χ1n) is 17.0. The highest BCUT2D eigenvalue weighted by Crippen LogP contribution is 2.65. The highest BCUT2D eigenvalue weighted by atomic mass is 79.9. The van der Waals surface area contributed by atoms with Gasteiger partial charge in [-0.15, -0.1) is 0 Å². The Morgan fingerprint density at radius 2 is 1.60 bits per heavy atom. The van der Waals surface area contributed by atoms with Crippen molar-refractivity contribution in [3.8, 4) is 5.75 Å². The molecule has 4 amide bonds. The molecule has 1 saturated carbocycles. The number of aliphatic hydroxyl groups excluding tert-OH is 1. The van der Waals surface area contributed by atoms with E-state index < -0.39 is 52.6 Å². The fourth-order valence-corrected chi connectivity index (χ4v) is 9.24. The van der Waals surface area contributed by atoms with Crippen LogP contribution in [-0.4, -0.2) is 47.0 Å². The van der Waals surface area contributed by atoms with E-state index in [1.165, 1.54) is 29.2 Å². The number of ether oxygens (including phenoxy) is 1. The largest absolute Gasteiger partial charge is 0.491 e. The second-order valence-electron chi connectivity index (χ2n) is 13.5. The van der Waals surface area contributed by atoms with Gasteiger partial charge in [0, 0.05) is 21.0 Å². The number of nitrogens with one attached hydrogen (secondary N) is 1. The van der Waals surface area contributed by atoms with Crippen LogP contribution in [0.3, 0.4) is 0 Å². The third kappa shape index (κ3) is 5.28. The molecule has 264 valence electrons. The van der Waals surface area contributed by atoms with Crippen LogP contribution in [0.5, 0.6) is 5.75 Å². The molecule has 2 aliphatic carbocycles. The summed E-state index contributed by atoms with van der Waals surface area (Å²) in [6.45, 7) is -0.275. The second-order valence-corrected chi connectivity index (χ2v) is 14.8. The lowest BCUT2D eigenvalue weighted by molar-refractivity contribution is -0.138. The molecule has 4 aliphatic rings. The van der Waals surface area contributed by atoms with Gasteiger partial charge in [0.2, 0.25) is 11.8 Å². The summed E-state index contributed by atoms with van der Waals surface area (Å²) >= 11 is 9.80.